The molecule has 0 saturated heterocycles. The molecule has 0 aliphatic heterocycles. The zero-order chi connectivity index (χ0) is 21.5. The van der Waals surface area contributed by atoms with Gasteiger partial charge in [-0.3, -0.25) is 4.55 Å². The highest BCUT2D eigenvalue weighted by molar-refractivity contribution is 7.85. The molecule has 0 bridgehead atoms. The van der Waals surface area contributed by atoms with Crippen molar-refractivity contribution in [2.75, 3.05) is 31.9 Å². The van der Waals surface area contributed by atoms with E-state index in [1.165, 1.54) is 106 Å². The number of unbranched alkanes of at least 4 members (excludes halogenated alkanes) is 4. The maximum Gasteiger partial charge on any atom is 0.294 e. The second-order valence-electron chi connectivity index (χ2n) is 7.69. The van der Waals surface area contributed by atoms with E-state index >= 15 is 0 Å². The molecule has 0 heterocycles. The molecule has 28 heavy (non-hydrogen) atoms. The van der Waals surface area contributed by atoms with E-state index < -0.39 is 10.1 Å². The number of benzene rings is 1. The lowest BCUT2D eigenvalue weighted by atomic mass is 10.1. The predicted octanol–water partition coefficient (Wildman–Crippen LogP) is 5.52. The van der Waals surface area contributed by atoms with Crippen LogP contribution in [-0.2, 0) is 10.1 Å². The third-order valence-corrected chi connectivity index (χ3v) is 5.99. The Labute approximate surface area is 173 Å². The average Bonchev–Trinajstić information content (AvgIpc) is 2.67. The molecule has 5 nitrogen and oxygen atoms in total. The summed E-state index contributed by atoms with van der Waals surface area (Å²) in [6.45, 7) is 15.0. The van der Waals surface area contributed by atoms with Gasteiger partial charge in [-0.05, 0) is 49.9 Å². The topological polar surface area (TPSA) is 80.4 Å². The number of rotatable bonds is 13. The van der Waals surface area contributed by atoms with E-state index in [2.05, 4.69) is 27.7 Å². The number of quaternary nitrogens is 1. The Balaban J connectivity index is 0.000000567. The van der Waals surface area contributed by atoms with Gasteiger partial charge in [0.05, 0.1) is 31.1 Å². The molecule has 3 N–H and O–H groups in total. The lowest BCUT2D eigenvalue weighted by molar-refractivity contribution is -0.929. The monoisotopic (exact) mass is 415 g/mol. The summed E-state index contributed by atoms with van der Waals surface area (Å²) in [5.41, 5.74) is 5.75. The van der Waals surface area contributed by atoms with E-state index in [0.717, 1.165) is 0 Å². The number of nitrogens with zero attached hydrogens (tertiary/aromatic N) is 1. The number of nitrogens with two attached hydrogens (primary N) is 1. The van der Waals surface area contributed by atoms with Crippen LogP contribution in [0.4, 0.5) is 5.69 Å². The summed E-state index contributed by atoms with van der Waals surface area (Å²) in [6, 6.07) is 5.29. The number of hydrogen-bond donors (Lipinski definition) is 2. The summed E-state index contributed by atoms with van der Waals surface area (Å²) in [5.74, 6) is 0. The average molecular weight is 416 g/mol. The second-order valence-corrected chi connectivity index (χ2v) is 9.12. The van der Waals surface area contributed by atoms with Gasteiger partial charge in [-0.2, -0.15) is 8.42 Å². The lowest BCUT2D eigenvalue weighted by Gasteiger charge is -2.39. The first-order valence-corrected chi connectivity index (χ1v) is 12.4. The largest absolute Gasteiger partial charge is 0.399 e. The van der Waals surface area contributed by atoms with Crippen molar-refractivity contribution in [2.24, 2.45) is 0 Å². The fourth-order valence-corrected chi connectivity index (χ4v) is 3.76. The minimum Gasteiger partial charge on any atom is -0.399 e. The highest BCUT2D eigenvalue weighted by atomic mass is 32.2. The Bertz CT molecular complexity index is 563. The number of hydrogen-bond acceptors (Lipinski definition) is 3. The molecule has 0 unspecified atom stereocenters. The van der Waals surface area contributed by atoms with Gasteiger partial charge in [0.1, 0.15) is 0 Å². The maximum atomic E-state index is 10.5. The number of nitrogen functional groups attached to an aromatic ring is 1. The van der Waals surface area contributed by atoms with Crippen molar-refractivity contribution in [1.82, 2.24) is 0 Å². The molecule has 1 aromatic carbocycles. The van der Waals surface area contributed by atoms with Gasteiger partial charge in [0.25, 0.3) is 10.1 Å². The molecule has 0 aliphatic carbocycles. The normalized spacial score (nSPS) is 11.8. The van der Waals surface area contributed by atoms with Crippen LogP contribution < -0.4 is 5.73 Å². The molecule has 0 amide bonds. The van der Waals surface area contributed by atoms with Crippen molar-refractivity contribution in [1.29, 1.82) is 0 Å². The second kappa shape index (κ2) is 14.8. The molecule has 1 rings (SSSR count). The van der Waals surface area contributed by atoms with Gasteiger partial charge < -0.3 is 10.2 Å². The van der Waals surface area contributed by atoms with Crippen LogP contribution in [0.3, 0.4) is 0 Å². The van der Waals surface area contributed by atoms with Crippen LogP contribution in [0.15, 0.2) is 29.2 Å². The molecule has 0 spiro atoms. The summed E-state index contributed by atoms with van der Waals surface area (Å²) < 4.78 is 30.8. The van der Waals surface area contributed by atoms with Crippen LogP contribution in [0.25, 0.3) is 0 Å². The van der Waals surface area contributed by atoms with Gasteiger partial charge in [0.2, 0.25) is 0 Å². The van der Waals surface area contributed by atoms with Crippen molar-refractivity contribution < 1.29 is 17.5 Å². The first-order chi connectivity index (χ1) is 13.2. The van der Waals surface area contributed by atoms with Crippen molar-refractivity contribution >= 4 is 15.8 Å². The molecule has 164 valence electrons. The van der Waals surface area contributed by atoms with Crippen LogP contribution in [0.2, 0.25) is 0 Å². The molecule has 0 fully saturated rings. The van der Waals surface area contributed by atoms with E-state index in [0.29, 0.717) is 5.69 Å². The Morgan fingerprint density at radius 3 is 1.32 bits per heavy atom. The molecule has 0 aromatic heterocycles. The molecule has 1 aromatic rings. The summed E-state index contributed by atoms with van der Waals surface area (Å²) >= 11 is 0. The van der Waals surface area contributed by atoms with E-state index in [1.807, 2.05) is 0 Å². The SMILES string of the molecule is CCCC[N+](CCCC)(CCCC)CCCC.Nc1ccc(S(=O)(=O)O)cc1. The molecule has 0 atom stereocenters. The van der Waals surface area contributed by atoms with Crippen molar-refractivity contribution in [2.45, 2.75) is 84.0 Å². The Kier molecular flexibility index (Phi) is 14.2. The third kappa shape index (κ3) is 11.7. The van der Waals surface area contributed by atoms with Crippen molar-refractivity contribution in [3.63, 3.8) is 0 Å². The molecule has 0 aliphatic rings. The zero-order valence-corrected chi connectivity index (χ0v) is 19.3. The first-order valence-electron chi connectivity index (χ1n) is 10.9. The molecular weight excluding hydrogens is 372 g/mol. The van der Waals surface area contributed by atoms with E-state index in [9.17, 15) is 8.42 Å². The van der Waals surface area contributed by atoms with Gasteiger partial charge in [0, 0.05) is 5.69 Å². The Morgan fingerprint density at radius 2 is 1.07 bits per heavy atom. The van der Waals surface area contributed by atoms with Gasteiger partial charge in [-0.25, -0.2) is 0 Å². The van der Waals surface area contributed by atoms with Crippen LogP contribution in [-0.4, -0.2) is 43.6 Å². The smallest absolute Gasteiger partial charge is 0.294 e. The van der Waals surface area contributed by atoms with Crippen LogP contribution in [0, 0.1) is 0 Å². The van der Waals surface area contributed by atoms with Gasteiger partial charge in [-0.15, -0.1) is 0 Å². The minimum absolute atomic E-state index is 0.147. The fourth-order valence-electron chi connectivity index (χ4n) is 3.28. The quantitative estimate of drug-likeness (QED) is 0.252. The number of anilines is 1. The van der Waals surface area contributed by atoms with Gasteiger partial charge in [-0.1, -0.05) is 53.4 Å². The van der Waals surface area contributed by atoms with Crippen LogP contribution in [0.5, 0.6) is 0 Å². The summed E-state index contributed by atoms with van der Waals surface area (Å²) in [7, 11) is -4.08. The van der Waals surface area contributed by atoms with Crippen molar-refractivity contribution in [3.05, 3.63) is 24.3 Å². The van der Waals surface area contributed by atoms with Gasteiger partial charge >= 0.3 is 0 Å². The first kappa shape index (κ1) is 26.9. The Hall–Kier alpha value is -1.11. The molecule has 0 radical (unpaired) electrons. The van der Waals surface area contributed by atoms with Crippen LogP contribution in [0.1, 0.15) is 79.1 Å². The summed E-state index contributed by atoms with van der Waals surface area (Å²) in [4.78, 5) is -0.147. The molecule has 6 heteroatoms. The summed E-state index contributed by atoms with van der Waals surface area (Å²) in [5, 5.41) is 0. The van der Waals surface area contributed by atoms with E-state index in [-0.39, 0.29) is 4.90 Å². The van der Waals surface area contributed by atoms with E-state index in [4.69, 9.17) is 10.3 Å². The van der Waals surface area contributed by atoms with Crippen molar-refractivity contribution in [3.8, 4) is 0 Å². The highest BCUT2D eigenvalue weighted by Crippen LogP contribution is 2.16. The standard InChI is InChI=1S/C16H36N.C6H7NO3S/c1-5-9-13-17(14-10-6-2,15-11-7-3)16-12-8-4;7-5-1-3-6(4-2-5)11(8,9)10/h5-16H2,1-4H3;1-4H,7H2,(H,8,9,10)/q+1;. The van der Waals surface area contributed by atoms with Crippen LogP contribution >= 0.6 is 0 Å². The molecule has 0 saturated carbocycles. The predicted molar refractivity (Wildman–Crippen MR) is 120 cm³/mol. The zero-order valence-electron chi connectivity index (χ0n) is 18.5. The minimum atomic E-state index is -4.08. The van der Waals surface area contributed by atoms with Gasteiger partial charge in [0.15, 0.2) is 0 Å². The fraction of sp³-hybridized carbons (Fsp3) is 0.727. The Morgan fingerprint density at radius 1 is 0.750 bits per heavy atom. The third-order valence-electron chi connectivity index (χ3n) is 5.12. The lowest BCUT2D eigenvalue weighted by Crippen LogP contribution is -2.50. The van der Waals surface area contributed by atoms with E-state index in [1.54, 1.807) is 0 Å². The summed E-state index contributed by atoms with van der Waals surface area (Å²) in [6.07, 6.45) is 11.1. The maximum absolute atomic E-state index is 10.5. The molecular formula is C22H43N2O3S+. The highest BCUT2D eigenvalue weighted by Gasteiger charge is 2.24.